The second-order valence-corrected chi connectivity index (χ2v) is 3.54. The molecule has 0 atom stereocenters. The molecule has 1 saturated carbocycles. The summed E-state index contributed by atoms with van der Waals surface area (Å²) < 4.78 is 12.6. The summed E-state index contributed by atoms with van der Waals surface area (Å²) in [5.41, 5.74) is 0. The molecule has 1 N–H and O–H groups in total. The van der Waals surface area contributed by atoms with Crippen LogP contribution in [0.1, 0.15) is 19.3 Å². The highest BCUT2D eigenvalue weighted by atomic mass is 19.1. The Morgan fingerprint density at radius 1 is 1.57 bits per heavy atom. The SMILES string of the molecule is O=C(CC1CC1)Nc1cccc(F)n1. The molecular formula is C10H11FN2O. The number of amides is 1. The molecular weight excluding hydrogens is 183 g/mol. The summed E-state index contributed by atoms with van der Waals surface area (Å²) in [6, 6.07) is 4.35. The topological polar surface area (TPSA) is 42.0 Å². The van der Waals surface area contributed by atoms with Crippen molar-refractivity contribution in [2.24, 2.45) is 5.92 Å². The molecule has 74 valence electrons. The molecule has 14 heavy (non-hydrogen) atoms. The Balaban J connectivity index is 1.92. The molecule has 1 aromatic rings. The molecule has 3 nitrogen and oxygen atoms in total. The summed E-state index contributed by atoms with van der Waals surface area (Å²) in [7, 11) is 0. The zero-order valence-electron chi connectivity index (χ0n) is 7.66. The van der Waals surface area contributed by atoms with E-state index in [2.05, 4.69) is 10.3 Å². The average Bonchev–Trinajstić information content (AvgIpc) is 2.87. The number of hydrogen-bond donors (Lipinski definition) is 1. The zero-order valence-corrected chi connectivity index (χ0v) is 7.66. The Labute approximate surface area is 81.3 Å². The molecule has 1 aliphatic rings. The second-order valence-electron chi connectivity index (χ2n) is 3.54. The Morgan fingerprint density at radius 3 is 3.00 bits per heavy atom. The van der Waals surface area contributed by atoms with Crippen molar-refractivity contribution in [3.05, 3.63) is 24.1 Å². The van der Waals surface area contributed by atoms with E-state index >= 15 is 0 Å². The molecule has 0 radical (unpaired) electrons. The first-order chi connectivity index (χ1) is 6.74. The van der Waals surface area contributed by atoms with Crippen LogP contribution in [0.2, 0.25) is 0 Å². The third-order valence-corrected chi connectivity index (χ3v) is 2.15. The highest BCUT2D eigenvalue weighted by Crippen LogP contribution is 2.32. The molecule has 0 aromatic carbocycles. The molecule has 1 heterocycles. The summed E-state index contributed by atoms with van der Waals surface area (Å²) in [4.78, 5) is 14.8. The molecule has 4 heteroatoms. The van der Waals surface area contributed by atoms with Gasteiger partial charge in [-0.2, -0.15) is 4.39 Å². The van der Waals surface area contributed by atoms with Crippen molar-refractivity contribution in [2.75, 3.05) is 5.32 Å². The second kappa shape index (κ2) is 3.74. The van der Waals surface area contributed by atoms with Crippen molar-refractivity contribution < 1.29 is 9.18 Å². The largest absolute Gasteiger partial charge is 0.311 e. The third kappa shape index (κ3) is 2.52. The summed E-state index contributed by atoms with van der Waals surface area (Å²) in [6.07, 6.45) is 2.78. The van der Waals surface area contributed by atoms with Gasteiger partial charge in [0.1, 0.15) is 5.82 Å². The first-order valence-electron chi connectivity index (χ1n) is 4.66. The normalized spacial score (nSPS) is 15.2. The predicted octanol–water partition coefficient (Wildman–Crippen LogP) is 1.96. The van der Waals surface area contributed by atoms with Gasteiger partial charge < -0.3 is 5.32 Å². The first kappa shape index (κ1) is 9.12. The van der Waals surface area contributed by atoms with Gasteiger partial charge in [-0.25, -0.2) is 4.98 Å². The van der Waals surface area contributed by atoms with E-state index in [1.54, 1.807) is 6.07 Å². The van der Waals surface area contributed by atoms with Crippen molar-refractivity contribution in [3.63, 3.8) is 0 Å². The van der Waals surface area contributed by atoms with E-state index in [1.807, 2.05) is 0 Å². The molecule has 2 rings (SSSR count). The lowest BCUT2D eigenvalue weighted by Crippen LogP contribution is -2.13. The quantitative estimate of drug-likeness (QED) is 0.747. The van der Waals surface area contributed by atoms with Crippen LogP contribution in [0, 0.1) is 11.9 Å². The van der Waals surface area contributed by atoms with Gasteiger partial charge >= 0.3 is 0 Å². The molecule has 1 aromatic heterocycles. The summed E-state index contributed by atoms with van der Waals surface area (Å²) in [5, 5.41) is 2.56. The van der Waals surface area contributed by atoms with Gasteiger partial charge in [0.15, 0.2) is 0 Å². The van der Waals surface area contributed by atoms with Gasteiger partial charge in [0.05, 0.1) is 0 Å². The number of carbonyl (C=O) groups excluding carboxylic acids is 1. The number of rotatable bonds is 3. The molecule has 0 spiro atoms. The van der Waals surface area contributed by atoms with Crippen LogP contribution in [0.5, 0.6) is 0 Å². The van der Waals surface area contributed by atoms with Crippen LogP contribution < -0.4 is 5.32 Å². The first-order valence-corrected chi connectivity index (χ1v) is 4.66. The van der Waals surface area contributed by atoms with Gasteiger partial charge in [-0.05, 0) is 30.9 Å². The van der Waals surface area contributed by atoms with Gasteiger partial charge in [-0.3, -0.25) is 4.79 Å². The minimum atomic E-state index is -0.575. The van der Waals surface area contributed by atoms with E-state index in [0.717, 1.165) is 12.8 Å². The van der Waals surface area contributed by atoms with E-state index in [4.69, 9.17) is 0 Å². The summed E-state index contributed by atoms with van der Waals surface area (Å²) in [6.45, 7) is 0. The molecule has 1 amide bonds. The number of anilines is 1. The van der Waals surface area contributed by atoms with Gasteiger partial charge in [0.2, 0.25) is 11.9 Å². The van der Waals surface area contributed by atoms with Crippen LogP contribution in [0.25, 0.3) is 0 Å². The average molecular weight is 194 g/mol. The summed E-state index contributed by atoms with van der Waals surface area (Å²) in [5.74, 6) is 0.166. The van der Waals surface area contributed by atoms with E-state index in [-0.39, 0.29) is 11.7 Å². The monoisotopic (exact) mass is 194 g/mol. The van der Waals surface area contributed by atoms with Crippen molar-refractivity contribution in [2.45, 2.75) is 19.3 Å². The van der Waals surface area contributed by atoms with E-state index in [9.17, 15) is 9.18 Å². The van der Waals surface area contributed by atoms with Crippen molar-refractivity contribution >= 4 is 11.7 Å². The Hall–Kier alpha value is -1.45. The maximum Gasteiger partial charge on any atom is 0.225 e. The predicted molar refractivity (Wildman–Crippen MR) is 50.2 cm³/mol. The number of carbonyl (C=O) groups is 1. The van der Waals surface area contributed by atoms with Crippen LogP contribution in [0.3, 0.4) is 0 Å². The van der Waals surface area contributed by atoms with Crippen LogP contribution >= 0.6 is 0 Å². The molecule has 0 bridgehead atoms. The molecule has 0 unspecified atom stereocenters. The number of nitrogens with one attached hydrogen (secondary N) is 1. The van der Waals surface area contributed by atoms with Crippen molar-refractivity contribution in [1.82, 2.24) is 4.98 Å². The summed E-state index contributed by atoms with van der Waals surface area (Å²) >= 11 is 0. The van der Waals surface area contributed by atoms with Crippen molar-refractivity contribution in [3.8, 4) is 0 Å². The van der Waals surface area contributed by atoms with E-state index < -0.39 is 5.95 Å². The maximum absolute atomic E-state index is 12.6. The number of pyridine rings is 1. The van der Waals surface area contributed by atoms with Gasteiger partial charge in [-0.15, -0.1) is 0 Å². The molecule has 0 saturated heterocycles. The minimum Gasteiger partial charge on any atom is -0.311 e. The van der Waals surface area contributed by atoms with E-state index in [1.165, 1.54) is 12.1 Å². The fraction of sp³-hybridized carbons (Fsp3) is 0.400. The van der Waals surface area contributed by atoms with Crippen LogP contribution in [-0.2, 0) is 4.79 Å². The lowest BCUT2D eigenvalue weighted by atomic mass is 10.3. The smallest absolute Gasteiger partial charge is 0.225 e. The number of aromatic nitrogens is 1. The van der Waals surface area contributed by atoms with Crippen molar-refractivity contribution in [1.29, 1.82) is 0 Å². The molecule has 1 aliphatic carbocycles. The minimum absolute atomic E-state index is 0.0781. The molecule has 1 fully saturated rings. The Kier molecular flexibility index (Phi) is 2.43. The van der Waals surface area contributed by atoms with E-state index in [0.29, 0.717) is 12.3 Å². The standard InChI is InChI=1S/C10H11FN2O/c11-8-2-1-3-9(12-8)13-10(14)6-7-4-5-7/h1-3,7H,4-6H2,(H,12,13,14). The zero-order chi connectivity index (χ0) is 9.97. The van der Waals surface area contributed by atoms with Crippen LogP contribution in [-0.4, -0.2) is 10.9 Å². The maximum atomic E-state index is 12.6. The highest BCUT2D eigenvalue weighted by molar-refractivity contribution is 5.89. The van der Waals surface area contributed by atoms with Gasteiger partial charge in [0, 0.05) is 6.42 Å². The third-order valence-electron chi connectivity index (χ3n) is 2.15. The van der Waals surface area contributed by atoms with Crippen LogP contribution in [0.4, 0.5) is 10.2 Å². The molecule has 0 aliphatic heterocycles. The number of hydrogen-bond acceptors (Lipinski definition) is 2. The fourth-order valence-corrected chi connectivity index (χ4v) is 1.26. The lowest BCUT2D eigenvalue weighted by Gasteiger charge is -2.02. The number of nitrogens with zero attached hydrogens (tertiary/aromatic N) is 1. The highest BCUT2D eigenvalue weighted by Gasteiger charge is 2.24. The Bertz CT molecular complexity index is 350. The van der Waals surface area contributed by atoms with Gasteiger partial charge in [0.25, 0.3) is 0 Å². The number of halogens is 1. The Morgan fingerprint density at radius 2 is 2.36 bits per heavy atom. The fourth-order valence-electron chi connectivity index (χ4n) is 1.26. The van der Waals surface area contributed by atoms with Crippen LogP contribution in [0.15, 0.2) is 18.2 Å². The lowest BCUT2D eigenvalue weighted by molar-refractivity contribution is -0.116. The van der Waals surface area contributed by atoms with Gasteiger partial charge in [-0.1, -0.05) is 6.07 Å².